The number of nitrogens with zero attached hydrogens (tertiary/aromatic N) is 2. The molecule has 0 radical (unpaired) electrons. The van der Waals surface area contributed by atoms with E-state index in [1.165, 1.54) is 0 Å². The molecular formula is C19H20Cl2N3O+. The lowest BCUT2D eigenvalue weighted by atomic mass is 10.1. The molecule has 1 amide bonds. The SMILES string of the molecule is C[NH+](CC(=O)N1CCC(c2ccccc2)=N1)Cc1ccc(Cl)cc1Cl. The molecule has 4 nitrogen and oxygen atoms in total. The van der Waals surface area contributed by atoms with E-state index < -0.39 is 0 Å². The highest BCUT2D eigenvalue weighted by atomic mass is 35.5. The molecule has 0 aliphatic carbocycles. The molecule has 6 heteroatoms. The molecule has 25 heavy (non-hydrogen) atoms. The molecule has 1 unspecified atom stereocenters. The molecule has 0 spiro atoms. The van der Waals surface area contributed by atoms with Crippen molar-refractivity contribution >= 4 is 34.8 Å². The highest BCUT2D eigenvalue weighted by Gasteiger charge is 2.24. The molecule has 3 rings (SSSR count). The fourth-order valence-electron chi connectivity index (χ4n) is 2.87. The minimum atomic E-state index is 0.0218. The van der Waals surface area contributed by atoms with Crippen molar-refractivity contribution < 1.29 is 9.69 Å². The van der Waals surface area contributed by atoms with Crippen LogP contribution in [0, 0.1) is 0 Å². The summed E-state index contributed by atoms with van der Waals surface area (Å²) < 4.78 is 0. The van der Waals surface area contributed by atoms with Crippen LogP contribution in [-0.4, -0.2) is 36.8 Å². The van der Waals surface area contributed by atoms with E-state index in [9.17, 15) is 4.79 Å². The van der Waals surface area contributed by atoms with Crippen LogP contribution in [0.4, 0.5) is 0 Å². The summed E-state index contributed by atoms with van der Waals surface area (Å²) in [7, 11) is 1.97. The standard InChI is InChI=1S/C19H19Cl2N3O/c1-23(12-15-7-8-16(20)11-17(15)21)13-19(25)24-10-9-18(22-24)14-5-3-2-4-6-14/h2-8,11H,9-10,12-13H2,1H3/p+1. The summed E-state index contributed by atoms with van der Waals surface area (Å²) in [5, 5.41) is 7.31. The quantitative estimate of drug-likeness (QED) is 0.855. The highest BCUT2D eigenvalue weighted by Crippen LogP contribution is 2.20. The molecule has 1 heterocycles. The number of quaternary nitrogens is 1. The summed E-state index contributed by atoms with van der Waals surface area (Å²) in [6.07, 6.45) is 0.789. The molecule has 0 bridgehead atoms. The van der Waals surface area contributed by atoms with Gasteiger partial charge < -0.3 is 4.90 Å². The zero-order valence-electron chi connectivity index (χ0n) is 14.0. The van der Waals surface area contributed by atoms with Crippen molar-refractivity contribution in [3.8, 4) is 0 Å². The van der Waals surface area contributed by atoms with E-state index in [1.54, 1.807) is 11.1 Å². The third-order valence-electron chi connectivity index (χ3n) is 4.16. The molecule has 2 aromatic carbocycles. The van der Waals surface area contributed by atoms with Gasteiger partial charge in [-0.2, -0.15) is 5.10 Å². The lowest BCUT2D eigenvalue weighted by molar-refractivity contribution is -0.885. The molecule has 1 N–H and O–H groups in total. The van der Waals surface area contributed by atoms with Crippen molar-refractivity contribution in [1.29, 1.82) is 0 Å². The first kappa shape index (κ1) is 17.9. The van der Waals surface area contributed by atoms with Crippen LogP contribution in [0.1, 0.15) is 17.5 Å². The average Bonchev–Trinajstić information content (AvgIpc) is 3.08. The number of hydrogen-bond acceptors (Lipinski definition) is 2. The molecule has 2 aromatic rings. The zero-order chi connectivity index (χ0) is 17.8. The summed E-state index contributed by atoms with van der Waals surface area (Å²) in [5.41, 5.74) is 3.02. The van der Waals surface area contributed by atoms with Crippen molar-refractivity contribution in [3.63, 3.8) is 0 Å². The number of halogens is 2. The molecule has 0 aromatic heterocycles. The summed E-state index contributed by atoms with van der Waals surface area (Å²) >= 11 is 12.1. The van der Waals surface area contributed by atoms with Crippen molar-refractivity contribution in [2.24, 2.45) is 5.10 Å². The number of nitrogens with one attached hydrogen (secondary N) is 1. The van der Waals surface area contributed by atoms with Crippen molar-refractivity contribution in [2.45, 2.75) is 13.0 Å². The summed E-state index contributed by atoms with van der Waals surface area (Å²) in [6, 6.07) is 15.4. The van der Waals surface area contributed by atoms with Crippen LogP contribution in [0.5, 0.6) is 0 Å². The van der Waals surface area contributed by atoms with Gasteiger partial charge in [0.25, 0.3) is 5.91 Å². The predicted molar refractivity (Wildman–Crippen MR) is 101 cm³/mol. The van der Waals surface area contributed by atoms with Crippen LogP contribution in [0.2, 0.25) is 10.0 Å². The first-order valence-electron chi connectivity index (χ1n) is 8.21. The number of benzene rings is 2. The third-order valence-corrected chi connectivity index (χ3v) is 4.74. The number of amides is 1. The second kappa shape index (κ2) is 8.00. The summed E-state index contributed by atoms with van der Waals surface area (Å²) in [5.74, 6) is 0.0218. The van der Waals surface area contributed by atoms with Crippen molar-refractivity contribution in [2.75, 3.05) is 20.1 Å². The average molecular weight is 377 g/mol. The Labute approximate surface area is 157 Å². The number of carbonyl (C=O) groups is 1. The van der Waals surface area contributed by atoms with E-state index in [0.29, 0.717) is 29.7 Å². The van der Waals surface area contributed by atoms with Gasteiger partial charge in [-0.25, -0.2) is 5.01 Å². The third kappa shape index (κ3) is 4.60. The lowest BCUT2D eigenvalue weighted by Crippen LogP contribution is -3.08. The first-order chi connectivity index (χ1) is 12.0. The van der Waals surface area contributed by atoms with Crippen LogP contribution in [0.15, 0.2) is 53.6 Å². The highest BCUT2D eigenvalue weighted by molar-refractivity contribution is 6.35. The Hall–Kier alpha value is -1.88. The van der Waals surface area contributed by atoms with Gasteiger partial charge in [0, 0.05) is 17.0 Å². The molecule has 0 saturated heterocycles. The molecule has 130 valence electrons. The number of rotatable bonds is 5. The van der Waals surface area contributed by atoms with E-state index in [2.05, 4.69) is 5.10 Å². The molecule has 1 aliphatic heterocycles. The number of hydrazone groups is 1. The topological polar surface area (TPSA) is 37.1 Å². The largest absolute Gasteiger partial charge is 0.326 e. The lowest BCUT2D eigenvalue weighted by Gasteiger charge is -2.17. The number of likely N-dealkylation sites (N-methyl/N-ethyl adjacent to an activating group) is 1. The molecule has 1 aliphatic rings. The molecular weight excluding hydrogens is 357 g/mol. The fourth-order valence-corrected chi connectivity index (χ4v) is 3.35. The van der Waals surface area contributed by atoms with Crippen molar-refractivity contribution in [1.82, 2.24) is 5.01 Å². The Morgan fingerprint density at radius 2 is 1.96 bits per heavy atom. The maximum atomic E-state index is 12.5. The van der Waals surface area contributed by atoms with Gasteiger partial charge in [0.15, 0.2) is 6.54 Å². The van der Waals surface area contributed by atoms with Gasteiger partial charge >= 0.3 is 0 Å². The van der Waals surface area contributed by atoms with Crippen LogP contribution >= 0.6 is 23.2 Å². The van der Waals surface area contributed by atoms with Gasteiger partial charge in [-0.05, 0) is 17.7 Å². The maximum Gasteiger partial charge on any atom is 0.297 e. The Morgan fingerprint density at radius 3 is 2.68 bits per heavy atom. The van der Waals surface area contributed by atoms with E-state index >= 15 is 0 Å². The zero-order valence-corrected chi connectivity index (χ0v) is 15.5. The Morgan fingerprint density at radius 1 is 1.20 bits per heavy atom. The second-order valence-corrected chi connectivity index (χ2v) is 7.07. The monoisotopic (exact) mass is 376 g/mol. The molecule has 0 fully saturated rings. The maximum absolute atomic E-state index is 12.5. The minimum Gasteiger partial charge on any atom is -0.326 e. The van der Waals surface area contributed by atoms with Crippen molar-refractivity contribution in [3.05, 3.63) is 69.7 Å². The van der Waals surface area contributed by atoms with Gasteiger partial charge in [0.1, 0.15) is 6.54 Å². The Balaban J connectivity index is 1.59. The number of hydrogen-bond donors (Lipinski definition) is 1. The summed E-state index contributed by atoms with van der Waals surface area (Å²) in [4.78, 5) is 13.6. The molecule has 1 atom stereocenters. The normalized spacial score (nSPS) is 15.2. The van der Waals surface area contributed by atoms with E-state index in [0.717, 1.165) is 28.2 Å². The van der Waals surface area contributed by atoms with Crippen LogP contribution in [0.3, 0.4) is 0 Å². The van der Waals surface area contributed by atoms with Crippen LogP contribution in [-0.2, 0) is 11.3 Å². The van der Waals surface area contributed by atoms with Gasteiger partial charge in [-0.3, -0.25) is 4.79 Å². The molecule has 0 saturated carbocycles. The van der Waals surface area contributed by atoms with Gasteiger partial charge in [0.2, 0.25) is 0 Å². The number of carbonyl (C=O) groups excluding carboxylic acids is 1. The Bertz CT molecular complexity index is 793. The van der Waals surface area contributed by atoms with Crippen LogP contribution in [0.25, 0.3) is 0 Å². The van der Waals surface area contributed by atoms with Gasteiger partial charge in [-0.15, -0.1) is 0 Å². The van der Waals surface area contributed by atoms with E-state index in [1.807, 2.05) is 49.5 Å². The van der Waals surface area contributed by atoms with E-state index in [-0.39, 0.29) is 5.91 Å². The first-order valence-corrected chi connectivity index (χ1v) is 8.97. The van der Waals surface area contributed by atoms with Gasteiger partial charge in [-0.1, -0.05) is 59.6 Å². The van der Waals surface area contributed by atoms with Crippen LogP contribution < -0.4 is 4.90 Å². The van der Waals surface area contributed by atoms with Gasteiger partial charge in [0.05, 0.1) is 24.3 Å². The predicted octanol–water partition coefficient (Wildman–Crippen LogP) is 2.64. The second-order valence-electron chi connectivity index (χ2n) is 6.23. The fraction of sp³-hybridized carbons (Fsp3) is 0.263. The van der Waals surface area contributed by atoms with E-state index in [4.69, 9.17) is 23.2 Å². The smallest absolute Gasteiger partial charge is 0.297 e. The Kier molecular flexibility index (Phi) is 5.74. The minimum absolute atomic E-state index is 0.0218. The summed E-state index contributed by atoms with van der Waals surface area (Å²) in [6.45, 7) is 1.66.